The van der Waals surface area contributed by atoms with Crippen LogP contribution in [0.1, 0.15) is 11.5 Å². The van der Waals surface area contributed by atoms with Gasteiger partial charge in [0, 0.05) is 31.7 Å². The van der Waals surface area contributed by atoms with E-state index in [0.717, 1.165) is 0 Å². The molecule has 162 valence electrons. The number of carbonyl (C=O) groups excluding carboxylic acids is 1. The van der Waals surface area contributed by atoms with Crippen molar-refractivity contribution < 1.29 is 22.8 Å². The van der Waals surface area contributed by atoms with Crippen molar-refractivity contribution in [1.29, 1.82) is 0 Å². The Labute approximate surface area is 178 Å². The fourth-order valence-corrected chi connectivity index (χ4v) is 3.28. The second-order valence-electron chi connectivity index (χ2n) is 7.38. The summed E-state index contributed by atoms with van der Waals surface area (Å²) in [5.41, 5.74) is 1.12. The molecule has 4 rings (SSSR count). The lowest BCUT2D eigenvalue weighted by Gasteiger charge is -2.33. The maximum Gasteiger partial charge on any atom is 0.260 e. The smallest absolute Gasteiger partial charge is 0.260 e. The third-order valence-corrected chi connectivity index (χ3v) is 5.16. The summed E-state index contributed by atoms with van der Waals surface area (Å²) in [7, 11) is 0. The highest BCUT2D eigenvalue weighted by Crippen LogP contribution is 2.20. The molecular formula is C22H22F2N4O3. The molecule has 0 spiro atoms. The van der Waals surface area contributed by atoms with Crippen LogP contribution in [0.5, 0.6) is 5.75 Å². The highest BCUT2D eigenvalue weighted by Gasteiger charge is 2.23. The molecule has 0 radical (unpaired) electrons. The predicted molar refractivity (Wildman–Crippen MR) is 108 cm³/mol. The number of hydrogen-bond acceptors (Lipinski definition) is 6. The van der Waals surface area contributed by atoms with Crippen molar-refractivity contribution in [2.75, 3.05) is 32.8 Å². The second kappa shape index (κ2) is 9.22. The third-order valence-electron chi connectivity index (χ3n) is 5.16. The van der Waals surface area contributed by atoms with Crippen molar-refractivity contribution in [1.82, 2.24) is 19.9 Å². The molecule has 2 aromatic carbocycles. The summed E-state index contributed by atoms with van der Waals surface area (Å²) in [6.07, 6.45) is 0. The van der Waals surface area contributed by atoms with Crippen LogP contribution in [0.2, 0.25) is 0 Å². The Bertz CT molecular complexity index is 1050. The zero-order chi connectivity index (χ0) is 21.8. The van der Waals surface area contributed by atoms with E-state index >= 15 is 0 Å². The Hall–Kier alpha value is -3.33. The number of aryl methyl sites for hydroxylation is 1. The van der Waals surface area contributed by atoms with Gasteiger partial charge in [-0.05, 0) is 42.8 Å². The van der Waals surface area contributed by atoms with Gasteiger partial charge in [-0.2, -0.15) is 4.98 Å². The van der Waals surface area contributed by atoms with Gasteiger partial charge in [-0.25, -0.2) is 8.78 Å². The van der Waals surface area contributed by atoms with E-state index in [2.05, 4.69) is 15.0 Å². The molecule has 0 unspecified atom stereocenters. The lowest BCUT2D eigenvalue weighted by molar-refractivity contribution is -0.135. The van der Waals surface area contributed by atoms with Crippen LogP contribution in [0.15, 0.2) is 47.0 Å². The molecular weight excluding hydrogens is 406 g/mol. The number of rotatable bonds is 6. The third kappa shape index (κ3) is 5.24. The monoisotopic (exact) mass is 428 g/mol. The van der Waals surface area contributed by atoms with Gasteiger partial charge in [0.2, 0.25) is 11.7 Å². The van der Waals surface area contributed by atoms with Gasteiger partial charge >= 0.3 is 0 Å². The number of nitrogens with zero attached hydrogens (tertiary/aromatic N) is 4. The van der Waals surface area contributed by atoms with Crippen LogP contribution in [0.4, 0.5) is 8.78 Å². The molecule has 1 aliphatic heterocycles. The number of halogens is 2. The zero-order valence-corrected chi connectivity index (χ0v) is 17.1. The molecule has 3 aromatic rings. The van der Waals surface area contributed by atoms with Gasteiger partial charge in [0.1, 0.15) is 17.4 Å². The summed E-state index contributed by atoms with van der Waals surface area (Å²) in [6, 6.07) is 10.4. The van der Waals surface area contributed by atoms with Gasteiger partial charge in [0.25, 0.3) is 5.91 Å². The molecule has 7 nitrogen and oxygen atoms in total. The predicted octanol–water partition coefficient (Wildman–Crippen LogP) is 3.05. The van der Waals surface area contributed by atoms with Gasteiger partial charge in [0.05, 0.1) is 6.54 Å². The number of aromatic nitrogens is 2. The van der Waals surface area contributed by atoms with Gasteiger partial charge < -0.3 is 14.2 Å². The van der Waals surface area contributed by atoms with E-state index < -0.39 is 0 Å². The lowest BCUT2D eigenvalue weighted by Crippen LogP contribution is -2.49. The average Bonchev–Trinajstić information content (AvgIpc) is 3.24. The van der Waals surface area contributed by atoms with Crippen LogP contribution < -0.4 is 4.74 Å². The molecule has 0 atom stereocenters. The summed E-state index contributed by atoms with van der Waals surface area (Å²) in [4.78, 5) is 20.5. The van der Waals surface area contributed by atoms with E-state index in [1.54, 1.807) is 24.0 Å². The number of hydrogen-bond donors (Lipinski definition) is 0. The van der Waals surface area contributed by atoms with Crippen molar-refractivity contribution >= 4 is 5.91 Å². The molecule has 1 saturated heterocycles. The van der Waals surface area contributed by atoms with Crippen molar-refractivity contribution in [3.63, 3.8) is 0 Å². The van der Waals surface area contributed by atoms with Gasteiger partial charge in [-0.15, -0.1) is 0 Å². The van der Waals surface area contributed by atoms with Crippen molar-refractivity contribution in [2.45, 2.75) is 13.5 Å². The van der Waals surface area contributed by atoms with E-state index in [0.29, 0.717) is 61.3 Å². The summed E-state index contributed by atoms with van der Waals surface area (Å²) in [5.74, 6) is 0.456. The molecule has 9 heteroatoms. The number of ether oxygens (including phenoxy) is 1. The first-order valence-electron chi connectivity index (χ1n) is 9.95. The first kappa shape index (κ1) is 20.9. The molecule has 1 aromatic heterocycles. The fraction of sp³-hybridized carbons (Fsp3) is 0.318. The van der Waals surface area contributed by atoms with Crippen molar-refractivity contribution in [3.8, 4) is 17.1 Å². The van der Waals surface area contributed by atoms with Crippen LogP contribution in [0.25, 0.3) is 11.4 Å². The summed E-state index contributed by atoms with van der Waals surface area (Å²) in [6.45, 7) is 4.46. The van der Waals surface area contributed by atoms with Crippen LogP contribution in [-0.2, 0) is 11.3 Å². The normalized spacial score (nSPS) is 14.6. The molecule has 1 aliphatic rings. The van der Waals surface area contributed by atoms with Gasteiger partial charge in [-0.3, -0.25) is 9.69 Å². The first-order valence-corrected chi connectivity index (χ1v) is 9.95. The average molecular weight is 428 g/mol. The topological polar surface area (TPSA) is 71.7 Å². The van der Waals surface area contributed by atoms with Crippen LogP contribution >= 0.6 is 0 Å². The van der Waals surface area contributed by atoms with Crippen molar-refractivity contribution in [3.05, 3.63) is 65.6 Å². The standard InChI is InChI=1S/C22H22F2N4O3/c1-15-2-3-16(12-19(15)24)22-25-20(31-26-22)13-27-8-10-28(11-9-27)21(29)14-30-18-6-4-17(23)5-7-18/h2-7,12H,8-11,13-14H2,1H3. The SMILES string of the molecule is Cc1ccc(-c2noc(CN3CCN(C(=O)COc4ccc(F)cc4)CC3)n2)cc1F. The molecule has 0 aliphatic carbocycles. The Kier molecular flexibility index (Phi) is 6.22. The number of amides is 1. The lowest BCUT2D eigenvalue weighted by atomic mass is 10.1. The molecule has 1 fully saturated rings. The van der Waals surface area contributed by atoms with E-state index in [9.17, 15) is 13.6 Å². The van der Waals surface area contributed by atoms with Gasteiger partial charge in [-0.1, -0.05) is 17.3 Å². The van der Waals surface area contributed by atoms with E-state index in [1.165, 1.54) is 30.3 Å². The molecule has 31 heavy (non-hydrogen) atoms. The van der Waals surface area contributed by atoms with Crippen LogP contribution in [0, 0.1) is 18.6 Å². The Morgan fingerprint density at radius 1 is 1.10 bits per heavy atom. The number of carbonyl (C=O) groups is 1. The molecule has 0 N–H and O–H groups in total. The van der Waals surface area contributed by atoms with E-state index in [4.69, 9.17) is 9.26 Å². The maximum atomic E-state index is 13.8. The molecule has 0 bridgehead atoms. The van der Waals surface area contributed by atoms with Crippen LogP contribution in [-0.4, -0.2) is 58.6 Å². The Balaban J connectivity index is 1.25. The molecule has 1 amide bonds. The Morgan fingerprint density at radius 3 is 2.55 bits per heavy atom. The summed E-state index contributed by atoms with van der Waals surface area (Å²) in [5, 5.41) is 3.94. The second-order valence-corrected chi connectivity index (χ2v) is 7.38. The summed E-state index contributed by atoms with van der Waals surface area (Å²) < 4.78 is 37.4. The Morgan fingerprint density at radius 2 is 1.84 bits per heavy atom. The van der Waals surface area contributed by atoms with Crippen molar-refractivity contribution in [2.24, 2.45) is 0 Å². The molecule has 2 heterocycles. The highest BCUT2D eigenvalue weighted by molar-refractivity contribution is 5.77. The minimum absolute atomic E-state index is 0.0915. The largest absolute Gasteiger partial charge is 0.484 e. The summed E-state index contributed by atoms with van der Waals surface area (Å²) >= 11 is 0. The minimum atomic E-state index is -0.353. The maximum absolute atomic E-state index is 13.8. The zero-order valence-electron chi connectivity index (χ0n) is 17.1. The number of benzene rings is 2. The van der Waals surface area contributed by atoms with Gasteiger partial charge in [0.15, 0.2) is 6.61 Å². The number of piperazine rings is 1. The minimum Gasteiger partial charge on any atom is -0.484 e. The van der Waals surface area contributed by atoms with Crippen LogP contribution in [0.3, 0.4) is 0 Å². The van der Waals surface area contributed by atoms with E-state index in [-0.39, 0.29) is 24.1 Å². The highest BCUT2D eigenvalue weighted by atomic mass is 19.1. The van der Waals surface area contributed by atoms with E-state index in [1.807, 2.05) is 0 Å². The molecule has 0 saturated carbocycles. The quantitative estimate of drug-likeness (QED) is 0.601. The first-order chi connectivity index (χ1) is 15.0. The fourth-order valence-electron chi connectivity index (χ4n) is 3.28.